The first kappa shape index (κ1) is 24.6. The molecule has 4 nitrogen and oxygen atoms in total. The fourth-order valence-electron chi connectivity index (χ4n) is 5.59. The lowest BCUT2D eigenvalue weighted by atomic mass is 9.92. The van der Waals surface area contributed by atoms with Crippen molar-refractivity contribution < 1.29 is 4.79 Å². The van der Waals surface area contributed by atoms with E-state index < -0.39 is 0 Å². The van der Waals surface area contributed by atoms with Gasteiger partial charge < -0.3 is 5.32 Å². The maximum Gasteiger partial charge on any atom is 0.328 e. The Morgan fingerprint density at radius 3 is 2.79 bits per heavy atom. The van der Waals surface area contributed by atoms with Crippen LogP contribution in [-0.2, 0) is 0 Å². The van der Waals surface area contributed by atoms with Crippen molar-refractivity contribution in [1.29, 1.82) is 0 Å². The van der Waals surface area contributed by atoms with Crippen LogP contribution in [0.25, 0.3) is 0 Å². The van der Waals surface area contributed by atoms with Crippen LogP contribution in [0.4, 0.5) is 4.79 Å². The summed E-state index contributed by atoms with van der Waals surface area (Å²) in [6, 6.07) is 0.470. The summed E-state index contributed by atoms with van der Waals surface area (Å²) in [6.45, 7) is 10.2. The van der Waals surface area contributed by atoms with Crippen molar-refractivity contribution in [2.75, 3.05) is 13.1 Å². The van der Waals surface area contributed by atoms with Crippen LogP contribution in [0, 0.1) is 0 Å². The van der Waals surface area contributed by atoms with Crippen LogP contribution in [0.3, 0.4) is 0 Å². The van der Waals surface area contributed by atoms with Gasteiger partial charge in [0.15, 0.2) is 0 Å². The Hall–Kier alpha value is -2.49. The minimum absolute atomic E-state index is 0.0967. The average Bonchev–Trinajstić information content (AvgIpc) is 3.27. The van der Waals surface area contributed by atoms with Gasteiger partial charge in [0.25, 0.3) is 0 Å². The number of nitrogens with zero attached hydrogens (tertiary/aromatic N) is 2. The van der Waals surface area contributed by atoms with E-state index in [0.717, 1.165) is 50.8 Å². The third-order valence-electron chi connectivity index (χ3n) is 7.83. The molecule has 34 heavy (non-hydrogen) atoms. The van der Waals surface area contributed by atoms with Crippen molar-refractivity contribution >= 4 is 6.03 Å². The van der Waals surface area contributed by atoms with Crippen molar-refractivity contribution in [1.82, 2.24) is 15.1 Å². The fourth-order valence-corrected chi connectivity index (χ4v) is 5.59. The topological polar surface area (TPSA) is 35.6 Å². The Bertz CT molecular complexity index is 933. The monoisotopic (exact) mass is 461 g/mol. The maximum atomic E-state index is 13.7. The molecule has 2 aliphatic heterocycles. The molecule has 0 aromatic heterocycles. The second-order valence-corrected chi connectivity index (χ2v) is 10.3. The Labute approximate surface area is 206 Å². The van der Waals surface area contributed by atoms with E-state index in [1.807, 2.05) is 9.80 Å². The molecule has 184 valence electrons. The van der Waals surface area contributed by atoms with Gasteiger partial charge in [-0.05, 0) is 86.9 Å². The molecule has 0 spiro atoms. The first-order valence-corrected chi connectivity index (χ1v) is 13.6. The van der Waals surface area contributed by atoms with E-state index in [-0.39, 0.29) is 6.03 Å². The first-order chi connectivity index (χ1) is 16.6. The number of urea groups is 1. The van der Waals surface area contributed by atoms with Crippen LogP contribution < -0.4 is 5.32 Å². The van der Waals surface area contributed by atoms with Gasteiger partial charge in [0.2, 0.25) is 0 Å². The minimum atomic E-state index is 0.0967. The predicted molar refractivity (Wildman–Crippen MR) is 142 cm³/mol. The van der Waals surface area contributed by atoms with Gasteiger partial charge in [-0.3, -0.25) is 9.80 Å². The van der Waals surface area contributed by atoms with Crippen molar-refractivity contribution in [2.45, 2.75) is 96.9 Å². The molecule has 1 fully saturated rings. The van der Waals surface area contributed by atoms with Crippen LogP contribution in [0.1, 0.15) is 90.9 Å². The predicted octanol–water partition coefficient (Wildman–Crippen LogP) is 7.50. The summed E-state index contributed by atoms with van der Waals surface area (Å²) in [5.74, 6) is 0. The molecule has 2 amide bonds. The summed E-state index contributed by atoms with van der Waals surface area (Å²) in [6.07, 6.45) is 25.0. The number of nitrogens with one attached hydrogen (secondary N) is 1. The second-order valence-electron chi connectivity index (χ2n) is 10.3. The van der Waals surface area contributed by atoms with Crippen molar-refractivity contribution in [3.05, 3.63) is 70.8 Å². The molecule has 0 bridgehead atoms. The highest BCUT2D eigenvalue weighted by Crippen LogP contribution is 2.33. The molecular weight excluding hydrogens is 418 g/mol. The van der Waals surface area contributed by atoms with Crippen LogP contribution in [0.15, 0.2) is 70.8 Å². The number of rotatable bonds is 9. The number of amides is 2. The van der Waals surface area contributed by atoms with Gasteiger partial charge in [-0.15, -0.1) is 0 Å². The van der Waals surface area contributed by atoms with E-state index in [1.165, 1.54) is 66.5 Å². The molecule has 1 saturated heterocycles. The van der Waals surface area contributed by atoms with E-state index in [9.17, 15) is 4.79 Å². The Kier molecular flexibility index (Phi) is 8.53. The van der Waals surface area contributed by atoms with E-state index in [2.05, 4.69) is 56.2 Å². The number of hydrogen-bond acceptors (Lipinski definition) is 2. The highest BCUT2D eigenvalue weighted by atomic mass is 16.2. The van der Waals surface area contributed by atoms with Gasteiger partial charge in [-0.2, -0.15) is 0 Å². The number of carbonyl (C=O) groups is 1. The minimum Gasteiger partial charge on any atom is -0.384 e. The van der Waals surface area contributed by atoms with Crippen molar-refractivity contribution in [2.24, 2.45) is 0 Å². The van der Waals surface area contributed by atoms with Crippen LogP contribution in [0.5, 0.6) is 0 Å². The zero-order valence-electron chi connectivity index (χ0n) is 21.4. The summed E-state index contributed by atoms with van der Waals surface area (Å²) in [5.41, 5.74) is 7.67. The van der Waals surface area contributed by atoms with E-state index in [1.54, 1.807) is 0 Å². The number of allylic oxidation sites excluding steroid dienone is 5. The largest absolute Gasteiger partial charge is 0.384 e. The van der Waals surface area contributed by atoms with Crippen molar-refractivity contribution in [3.8, 4) is 0 Å². The Morgan fingerprint density at radius 1 is 1.09 bits per heavy atom. The molecule has 0 saturated carbocycles. The molecule has 1 N–H and O–H groups in total. The molecule has 4 aliphatic rings. The third kappa shape index (κ3) is 5.76. The molecule has 0 aromatic carbocycles. The first-order valence-electron chi connectivity index (χ1n) is 13.6. The summed E-state index contributed by atoms with van der Waals surface area (Å²) < 4.78 is 0. The SMILES string of the molecule is C=C1CCN(C2=CC(CCCCCCC)=C(C)CC2)C(=O)N1CC1=C2C=CNC2CCCC=C1. The normalized spacial score (nSPS) is 23.2. The molecule has 1 unspecified atom stereocenters. The smallest absolute Gasteiger partial charge is 0.328 e. The quantitative estimate of drug-likeness (QED) is 0.361. The van der Waals surface area contributed by atoms with Gasteiger partial charge >= 0.3 is 6.03 Å². The standard InChI is InChI=1S/C30H43N3O/c1-4-5-6-7-9-12-25-21-27(16-15-23(25)2)32-20-18-24(3)33(30(32)34)22-26-13-10-8-11-14-29-28(26)17-19-31-29/h10,13,17,19,21,29,31H,3-9,11-12,14-16,18,20,22H2,1-2H3. The lowest BCUT2D eigenvalue weighted by molar-refractivity contribution is 0.165. The maximum absolute atomic E-state index is 13.7. The van der Waals surface area contributed by atoms with E-state index in [4.69, 9.17) is 0 Å². The summed E-state index contributed by atoms with van der Waals surface area (Å²) in [5, 5.41) is 3.49. The summed E-state index contributed by atoms with van der Waals surface area (Å²) in [4.78, 5) is 17.7. The number of carbonyl (C=O) groups excluding carboxylic acids is 1. The lowest BCUT2D eigenvalue weighted by Gasteiger charge is -2.39. The average molecular weight is 462 g/mol. The number of unbranched alkanes of at least 4 members (excludes halogenated alkanes) is 4. The Balaban J connectivity index is 1.47. The zero-order chi connectivity index (χ0) is 23.9. The summed E-state index contributed by atoms with van der Waals surface area (Å²) in [7, 11) is 0. The van der Waals surface area contributed by atoms with Crippen LogP contribution in [0.2, 0.25) is 0 Å². The zero-order valence-corrected chi connectivity index (χ0v) is 21.4. The number of hydrogen-bond donors (Lipinski definition) is 1. The summed E-state index contributed by atoms with van der Waals surface area (Å²) >= 11 is 0. The highest BCUT2D eigenvalue weighted by Gasteiger charge is 2.32. The van der Waals surface area contributed by atoms with Gasteiger partial charge in [0.05, 0.1) is 12.6 Å². The molecule has 0 aromatic rings. The molecule has 2 heterocycles. The van der Waals surface area contributed by atoms with Crippen LogP contribution >= 0.6 is 0 Å². The van der Waals surface area contributed by atoms with Crippen molar-refractivity contribution in [3.63, 3.8) is 0 Å². The van der Waals surface area contributed by atoms with E-state index in [0.29, 0.717) is 12.6 Å². The van der Waals surface area contributed by atoms with Gasteiger partial charge in [0, 0.05) is 24.4 Å². The van der Waals surface area contributed by atoms with E-state index >= 15 is 0 Å². The molecular formula is C30H43N3O. The molecule has 4 rings (SSSR count). The second kappa shape index (κ2) is 11.8. The number of fused-ring (bicyclic) bond motifs is 1. The highest BCUT2D eigenvalue weighted by molar-refractivity contribution is 5.80. The van der Waals surface area contributed by atoms with Crippen LogP contribution in [-0.4, -0.2) is 35.0 Å². The molecule has 2 aliphatic carbocycles. The van der Waals surface area contributed by atoms with Gasteiger partial charge in [-0.25, -0.2) is 4.79 Å². The fraction of sp³-hybridized carbons (Fsp3) is 0.567. The molecule has 0 radical (unpaired) electrons. The third-order valence-corrected chi connectivity index (χ3v) is 7.83. The van der Waals surface area contributed by atoms with Gasteiger partial charge in [-0.1, -0.05) is 56.9 Å². The molecule has 4 heteroatoms. The Morgan fingerprint density at radius 2 is 1.94 bits per heavy atom. The lowest BCUT2D eigenvalue weighted by Crippen LogP contribution is -2.48. The van der Waals surface area contributed by atoms with Gasteiger partial charge in [0.1, 0.15) is 0 Å². The molecule has 1 atom stereocenters.